The summed E-state index contributed by atoms with van der Waals surface area (Å²) in [4.78, 5) is 24.6. The molecule has 2 rings (SSSR count). The van der Waals surface area contributed by atoms with E-state index in [1.54, 1.807) is 31.2 Å². The second kappa shape index (κ2) is 15.3. The molecule has 0 radical (unpaired) electrons. The number of methoxy groups -OCH3 is 1. The van der Waals surface area contributed by atoms with E-state index in [1.807, 2.05) is 33.8 Å². The van der Waals surface area contributed by atoms with Crippen LogP contribution >= 0.6 is 0 Å². The first-order valence-corrected chi connectivity index (χ1v) is 13.7. The average Bonchev–Trinajstić information content (AvgIpc) is 2.91. The lowest BCUT2D eigenvalue weighted by molar-refractivity contribution is -0.112. The maximum atomic E-state index is 13.0. The highest BCUT2D eigenvalue weighted by atomic mass is 16.6. The Morgan fingerprint density at radius 2 is 1.93 bits per heavy atom. The number of aliphatic hydroxyl groups is 1. The zero-order valence-corrected chi connectivity index (χ0v) is 24.8. The molecule has 226 valence electrons. The number of carbonyl (C=O) groups is 2. The Hall–Kier alpha value is -3.76. The van der Waals surface area contributed by atoms with Crippen molar-refractivity contribution in [2.45, 2.75) is 65.8 Å². The summed E-state index contributed by atoms with van der Waals surface area (Å²) in [6, 6.07) is 1.30. The molecule has 1 aliphatic rings. The van der Waals surface area contributed by atoms with Crippen molar-refractivity contribution in [2.24, 2.45) is 23.5 Å². The van der Waals surface area contributed by atoms with Gasteiger partial charge in [0.15, 0.2) is 0 Å². The largest absolute Gasteiger partial charge is 0.506 e. The molecule has 0 saturated carbocycles. The second-order valence-corrected chi connectivity index (χ2v) is 10.8. The van der Waals surface area contributed by atoms with Crippen molar-refractivity contribution >= 4 is 23.4 Å². The molecule has 1 heterocycles. The maximum absolute atomic E-state index is 13.0. The number of anilines is 2. The van der Waals surface area contributed by atoms with Crippen LogP contribution in [0.15, 0.2) is 54.2 Å². The summed E-state index contributed by atoms with van der Waals surface area (Å²) in [5.74, 6) is -1.57. The van der Waals surface area contributed by atoms with Crippen LogP contribution in [0.1, 0.15) is 46.6 Å². The molecule has 2 bridgehead atoms. The molecule has 41 heavy (non-hydrogen) atoms. The zero-order valence-electron chi connectivity index (χ0n) is 24.8. The van der Waals surface area contributed by atoms with Gasteiger partial charge in [-0.2, -0.15) is 0 Å². The van der Waals surface area contributed by atoms with Crippen LogP contribution in [0.3, 0.4) is 0 Å². The van der Waals surface area contributed by atoms with E-state index in [1.165, 1.54) is 13.2 Å². The number of ether oxygens (including phenoxy) is 2. The number of carbonyl (C=O) groups excluding carboxylic acids is 2. The number of nitrogens with two attached hydrogens (primary N) is 1. The third-order valence-electron chi connectivity index (χ3n) is 7.28. The predicted molar refractivity (Wildman–Crippen MR) is 161 cm³/mol. The lowest BCUT2D eigenvalue weighted by Crippen LogP contribution is -2.35. The summed E-state index contributed by atoms with van der Waals surface area (Å²) in [6.45, 7) is 13.1. The van der Waals surface area contributed by atoms with Crippen LogP contribution in [0.2, 0.25) is 0 Å². The first-order valence-electron chi connectivity index (χ1n) is 13.7. The molecule has 10 nitrogen and oxygen atoms in total. The maximum Gasteiger partial charge on any atom is 0.405 e. The third-order valence-corrected chi connectivity index (χ3v) is 7.28. The molecular weight excluding hydrogens is 526 g/mol. The predicted octanol–water partition coefficient (Wildman–Crippen LogP) is 4.78. The minimum atomic E-state index is -0.920. The Morgan fingerprint density at radius 3 is 2.54 bits per heavy atom. The number of fused-ring (bicyclic) bond motifs is 2. The lowest BCUT2D eigenvalue weighted by Gasteiger charge is -2.29. The van der Waals surface area contributed by atoms with Gasteiger partial charge in [0, 0.05) is 42.7 Å². The van der Waals surface area contributed by atoms with Crippen molar-refractivity contribution in [3.05, 3.63) is 59.7 Å². The Morgan fingerprint density at radius 1 is 1.24 bits per heavy atom. The van der Waals surface area contributed by atoms with Crippen LogP contribution in [0.25, 0.3) is 0 Å². The number of benzene rings is 1. The van der Waals surface area contributed by atoms with E-state index in [0.717, 1.165) is 0 Å². The first-order chi connectivity index (χ1) is 19.3. The minimum Gasteiger partial charge on any atom is -0.506 e. The van der Waals surface area contributed by atoms with Gasteiger partial charge in [-0.15, -0.1) is 6.58 Å². The Kier molecular flexibility index (Phi) is 12.5. The SMILES string of the molecule is C=CCNc1c(O)cc2c(O)c1C[C@@H](C)C[C@H](OC)[C@H](O)[C@@H](C)/C=C(\C)[C@H](OC(N)=O)[C@@H](C)/C=C\C=C(/C)C(=O)N2. The Bertz CT molecular complexity index is 1190. The zero-order chi connectivity index (χ0) is 30.9. The topological polar surface area (TPSA) is 163 Å². The number of hydrogen-bond acceptors (Lipinski definition) is 8. The van der Waals surface area contributed by atoms with Crippen molar-refractivity contribution in [3.8, 4) is 11.5 Å². The number of amides is 2. The molecule has 10 heteroatoms. The van der Waals surface area contributed by atoms with Crippen LogP contribution in [0.5, 0.6) is 11.5 Å². The van der Waals surface area contributed by atoms with Crippen molar-refractivity contribution in [3.63, 3.8) is 0 Å². The molecule has 0 aromatic heterocycles. The van der Waals surface area contributed by atoms with Crippen LogP contribution in [0, 0.1) is 17.8 Å². The minimum absolute atomic E-state index is 0.0635. The highest BCUT2D eigenvalue weighted by molar-refractivity contribution is 6.04. The van der Waals surface area contributed by atoms with Gasteiger partial charge in [-0.25, -0.2) is 4.79 Å². The van der Waals surface area contributed by atoms with E-state index < -0.39 is 30.3 Å². The molecule has 1 aliphatic heterocycles. The first kappa shape index (κ1) is 33.4. The number of hydrogen-bond donors (Lipinski definition) is 6. The van der Waals surface area contributed by atoms with Crippen LogP contribution < -0.4 is 16.4 Å². The number of allylic oxidation sites excluding steroid dienone is 2. The van der Waals surface area contributed by atoms with Gasteiger partial charge in [0.05, 0.1) is 23.6 Å². The fraction of sp³-hybridized carbons (Fsp3) is 0.484. The summed E-state index contributed by atoms with van der Waals surface area (Å²) in [6.07, 6.45) is 6.18. The number of phenols is 2. The van der Waals surface area contributed by atoms with Crippen molar-refractivity contribution in [1.29, 1.82) is 0 Å². The molecule has 6 atom stereocenters. The Labute approximate surface area is 242 Å². The summed E-state index contributed by atoms with van der Waals surface area (Å²) in [7, 11) is 1.52. The molecule has 0 fully saturated rings. The van der Waals surface area contributed by atoms with Gasteiger partial charge >= 0.3 is 6.09 Å². The lowest BCUT2D eigenvalue weighted by atomic mass is 9.87. The van der Waals surface area contributed by atoms with Gasteiger partial charge in [0.2, 0.25) is 0 Å². The number of primary amides is 1. The monoisotopic (exact) mass is 571 g/mol. The quantitative estimate of drug-likeness (QED) is 0.167. The van der Waals surface area contributed by atoms with Gasteiger partial charge in [-0.1, -0.05) is 51.2 Å². The number of rotatable bonds is 5. The standard InChI is InChI=1S/C31H45N3O7/c1-8-12-33-26-22-13-17(2)14-25(40-7)27(36)20(5)15-21(6)29(41-31(32)39)18(3)10-9-11-19(4)30(38)34-23(28(22)37)16-24(26)35/h8-11,15-18,20,25,27,29,33,35-37H,1,12-14H2,2-7H3,(H2,32,39)(H,34,38)/b10-9-,19-11+,21-15+/t17-,18+,20+,25+,27-,29-/m1/s1. The van der Waals surface area contributed by atoms with E-state index in [4.69, 9.17) is 15.2 Å². The molecule has 0 aliphatic carbocycles. The van der Waals surface area contributed by atoms with Gasteiger partial charge in [0.1, 0.15) is 17.6 Å². The number of aromatic hydroxyl groups is 2. The van der Waals surface area contributed by atoms with E-state index in [-0.39, 0.29) is 34.9 Å². The molecule has 7 N–H and O–H groups in total. The highest BCUT2D eigenvalue weighted by Gasteiger charge is 2.29. The molecule has 0 spiro atoms. The van der Waals surface area contributed by atoms with Gasteiger partial charge in [0.25, 0.3) is 5.91 Å². The van der Waals surface area contributed by atoms with Gasteiger partial charge in [-0.05, 0) is 38.2 Å². The van der Waals surface area contributed by atoms with E-state index in [2.05, 4.69) is 17.2 Å². The summed E-state index contributed by atoms with van der Waals surface area (Å²) in [5, 5.41) is 39.0. The van der Waals surface area contributed by atoms with Crippen molar-refractivity contribution in [2.75, 3.05) is 24.3 Å². The fourth-order valence-corrected chi connectivity index (χ4v) is 5.04. The molecule has 0 saturated heterocycles. The molecule has 2 amide bonds. The van der Waals surface area contributed by atoms with E-state index in [9.17, 15) is 24.9 Å². The van der Waals surface area contributed by atoms with Gasteiger partial charge < -0.3 is 41.2 Å². The molecule has 1 aromatic rings. The fourth-order valence-electron chi connectivity index (χ4n) is 5.04. The Balaban J connectivity index is 2.64. The number of aliphatic hydroxyl groups excluding tert-OH is 1. The smallest absolute Gasteiger partial charge is 0.405 e. The molecule has 1 aromatic carbocycles. The third kappa shape index (κ3) is 9.12. The normalized spacial score (nSPS) is 29.7. The van der Waals surface area contributed by atoms with E-state index >= 15 is 0 Å². The molecular formula is C31H45N3O7. The van der Waals surface area contributed by atoms with Crippen LogP contribution in [0.4, 0.5) is 16.2 Å². The number of nitrogens with one attached hydrogen (secondary N) is 2. The van der Waals surface area contributed by atoms with Gasteiger partial charge in [-0.3, -0.25) is 4.79 Å². The number of phenolic OH excluding ortho intramolecular Hbond substituents is 2. The molecule has 0 unspecified atom stereocenters. The average molecular weight is 572 g/mol. The summed E-state index contributed by atoms with van der Waals surface area (Å²) >= 11 is 0. The van der Waals surface area contributed by atoms with Crippen molar-refractivity contribution in [1.82, 2.24) is 0 Å². The van der Waals surface area contributed by atoms with Crippen LogP contribution in [-0.2, 0) is 20.7 Å². The second-order valence-electron chi connectivity index (χ2n) is 10.8. The highest BCUT2D eigenvalue weighted by Crippen LogP contribution is 2.42. The van der Waals surface area contributed by atoms with Crippen molar-refractivity contribution < 1.29 is 34.4 Å². The summed E-state index contributed by atoms with van der Waals surface area (Å²) in [5.41, 5.74) is 7.22. The van der Waals surface area contributed by atoms with E-state index in [0.29, 0.717) is 41.8 Å². The van der Waals surface area contributed by atoms with Crippen LogP contribution in [-0.4, -0.2) is 59.3 Å². The summed E-state index contributed by atoms with van der Waals surface area (Å²) < 4.78 is 11.1.